The van der Waals surface area contributed by atoms with Crippen LogP contribution in [0.3, 0.4) is 0 Å². The minimum absolute atomic E-state index is 0. The largest absolute Gasteiger partial charge is 0.356 e. The zero-order valence-corrected chi connectivity index (χ0v) is 13.8. The second-order valence-electron chi connectivity index (χ2n) is 5.17. The van der Waals surface area contributed by atoms with E-state index in [1.165, 1.54) is 24.1 Å². The lowest BCUT2D eigenvalue weighted by molar-refractivity contribution is 0.817. The van der Waals surface area contributed by atoms with Gasteiger partial charge in [-0.1, -0.05) is 18.2 Å². The lowest BCUT2D eigenvalue weighted by atomic mass is 10.2. The maximum absolute atomic E-state index is 4.79. The minimum Gasteiger partial charge on any atom is -0.356 e. The Morgan fingerprint density at radius 2 is 2.16 bits per heavy atom. The van der Waals surface area contributed by atoms with Gasteiger partial charge in [-0.05, 0) is 43.7 Å². The van der Waals surface area contributed by atoms with E-state index in [-0.39, 0.29) is 24.0 Å². The summed E-state index contributed by atoms with van der Waals surface area (Å²) in [4.78, 5) is 7.12. The molecule has 0 aromatic heterocycles. The molecule has 1 heterocycles. The fraction of sp³-hybridized carbons (Fsp3) is 0.533. The smallest absolute Gasteiger partial charge is 0.198 e. The van der Waals surface area contributed by atoms with Crippen LogP contribution in [0.25, 0.3) is 0 Å². The Balaban J connectivity index is 0.00000133. The summed E-state index contributed by atoms with van der Waals surface area (Å²) < 4.78 is 0. The number of hydrogen-bond acceptors (Lipinski definition) is 1. The topological polar surface area (TPSA) is 27.6 Å². The number of nitrogens with one attached hydrogen (secondary N) is 1. The highest BCUT2D eigenvalue weighted by molar-refractivity contribution is 14.0. The van der Waals surface area contributed by atoms with Crippen molar-refractivity contribution >= 4 is 35.6 Å². The Hall–Kier alpha value is -0.780. The van der Waals surface area contributed by atoms with E-state index in [0.29, 0.717) is 0 Å². The number of benzene rings is 1. The lowest BCUT2D eigenvalue weighted by Gasteiger charge is -2.22. The van der Waals surface area contributed by atoms with Crippen LogP contribution in [0.5, 0.6) is 0 Å². The molecule has 1 aromatic rings. The van der Waals surface area contributed by atoms with Crippen molar-refractivity contribution in [3.05, 3.63) is 29.8 Å². The first-order valence-corrected chi connectivity index (χ1v) is 7.02. The molecule has 4 heteroatoms. The van der Waals surface area contributed by atoms with Crippen LogP contribution in [0.4, 0.5) is 5.69 Å². The van der Waals surface area contributed by atoms with Gasteiger partial charge in [0.2, 0.25) is 0 Å². The summed E-state index contributed by atoms with van der Waals surface area (Å²) in [5.74, 6) is 1.91. The Morgan fingerprint density at radius 3 is 2.89 bits per heavy atom. The van der Waals surface area contributed by atoms with Gasteiger partial charge >= 0.3 is 0 Å². The second kappa shape index (κ2) is 6.59. The Kier molecular flexibility index (Phi) is 5.07. The van der Waals surface area contributed by atoms with Crippen LogP contribution in [-0.4, -0.2) is 25.6 Å². The van der Waals surface area contributed by atoms with Crippen LogP contribution in [0, 0.1) is 5.92 Å². The molecule has 0 radical (unpaired) electrons. The van der Waals surface area contributed by atoms with Crippen LogP contribution >= 0.6 is 24.0 Å². The lowest BCUT2D eigenvalue weighted by Crippen LogP contribution is -2.40. The van der Waals surface area contributed by atoms with Crippen LogP contribution < -0.4 is 10.2 Å². The number of anilines is 1. The highest BCUT2D eigenvalue weighted by Gasteiger charge is 2.24. The Morgan fingerprint density at radius 1 is 1.37 bits per heavy atom. The molecule has 0 bridgehead atoms. The van der Waals surface area contributed by atoms with E-state index in [0.717, 1.165) is 37.9 Å². The molecule has 0 atom stereocenters. The molecule has 0 saturated heterocycles. The number of nitrogens with zero attached hydrogens (tertiary/aromatic N) is 2. The first-order chi connectivity index (χ1) is 8.88. The van der Waals surface area contributed by atoms with Gasteiger partial charge in [0.25, 0.3) is 0 Å². The first kappa shape index (κ1) is 14.6. The molecule has 0 amide bonds. The molecule has 3 nitrogen and oxygen atoms in total. The average molecular weight is 371 g/mol. The summed E-state index contributed by atoms with van der Waals surface area (Å²) in [7, 11) is 0. The zero-order valence-electron chi connectivity index (χ0n) is 11.4. The van der Waals surface area contributed by atoms with Gasteiger partial charge in [0.15, 0.2) is 5.96 Å². The van der Waals surface area contributed by atoms with E-state index in [2.05, 4.69) is 41.4 Å². The predicted octanol–water partition coefficient (Wildman–Crippen LogP) is 3.04. The van der Waals surface area contributed by atoms with Crippen molar-refractivity contribution in [2.24, 2.45) is 10.9 Å². The van der Waals surface area contributed by atoms with E-state index in [9.17, 15) is 0 Å². The van der Waals surface area contributed by atoms with Crippen molar-refractivity contribution in [2.45, 2.75) is 26.2 Å². The molecule has 0 spiro atoms. The summed E-state index contributed by atoms with van der Waals surface area (Å²) in [6.45, 7) is 5.10. The van der Waals surface area contributed by atoms with Crippen LogP contribution in [0.15, 0.2) is 29.3 Å². The summed E-state index contributed by atoms with van der Waals surface area (Å²) >= 11 is 0. The number of guanidine groups is 1. The molecule has 1 aliphatic heterocycles. The molecular weight excluding hydrogens is 349 g/mol. The highest BCUT2D eigenvalue weighted by Crippen LogP contribution is 2.30. The molecule has 1 fully saturated rings. The first-order valence-electron chi connectivity index (χ1n) is 7.02. The fourth-order valence-electron chi connectivity index (χ4n) is 2.47. The maximum atomic E-state index is 4.79. The highest BCUT2D eigenvalue weighted by atomic mass is 127. The summed E-state index contributed by atoms with van der Waals surface area (Å²) in [6.07, 6.45) is 3.85. The number of aliphatic imine (C=N–C) groups is 1. The Labute approximate surface area is 132 Å². The van der Waals surface area contributed by atoms with Crippen molar-refractivity contribution in [1.29, 1.82) is 0 Å². The number of halogens is 1. The van der Waals surface area contributed by atoms with Gasteiger partial charge in [-0.15, -0.1) is 24.0 Å². The molecule has 1 saturated carbocycles. The van der Waals surface area contributed by atoms with Crippen LogP contribution in [0.1, 0.15) is 25.3 Å². The van der Waals surface area contributed by atoms with E-state index in [1.54, 1.807) is 0 Å². The van der Waals surface area contributed by atoms with E-state index < -0.39 is 0 Å². The average Bonchev–Trinajstić information content (AvgIpc) is 3.13. The molecule has 0 unspecified atom stereocenters. The van der Waals surface area contributed by atoms with Gasteiger partial charge in [-0.25, -0.2) is 0 Å². The number of para-hydroxylation sites is 1. The minimum atomic E-state index is 0. The SMILES string of the molecule is CCNC(=NCC1CC1)N1CCc2ccccc21.I. The standard InChI is InChI=1S/C15H21N3.HI/c1-2-16-15(17-11-12-7-8-12)18-10-9-13-5-3-4-6-14(13)18;/h3-6,12H,2,7-11H2,1H3,(H,16,17);1H. The summed E-state index contributed by atoms with van der Waals surface area (Å²) in [6, 6.07) is 8.66. The van der Waals surface area contributed by atoms with Crippen molar-refractivity contribution in [3.8, 4) is 0 Å². The van der Waals surface area contributed by atoms with Gasteiger partial charge in [-0.2, -0.15) is 0 Å². The third-order valence-corrected chi connectivity index (χ3v) is 3.67. The molecule has 19 heavy (non-hydrogen) atoms. The molecule has 1 N–H and O–H groups in total. The number of hydrogen-bond donors (Lipinski definition) is 1. The monoisotopic (exact) mass is 371 g/mol. The molecule has 1 aromatic carbocycles. The van der Waals surface area contributed by atoms with Crippen molar-refractivity contribution < 1.29 is 0 Å². The molecule has 1 aliphatic carbocycles. The van der Waals surface area contributed by atoms with Crippen LogP contribution in [-0.2, 0) is 6.42 Å². The fourth-order valence-corrected chi connectivity index (χ4v) is 2.47. The third-order valence-electron chi connectivity index (χ3n) is 3.67. The number of fused-ring (bicyclic) bond motifs is 1. The van der Waals surface area contributed by atoms with Crippen LogP contribution in [0.2, 0.25) is 0 Å². The van der Waals surface area contributed by atoms with E-state index in [1.807, 2.05) is 0 Å². The molecule has 3 rings (SSSR count). The Bertz CT molecular complexity index is 454. The van der Waals surface area contributed by atoms with Gasteiger partial charge in [0, 0.05) is 25.3 Å². The third kappa shape index (κ3) is 3.41. The van der Waals surface area contributed by atoms with Crippen molar-refractivity contribution in [2.75, 3.05) is 24.5 Å². The van der Waals surface area contributed by atoms with E-state index in [4.69, 9.17) is 4.99 Å². The van der Waals surface area contributed by atoms with Crippen molar-refractivity contribution in [1.82, 2.24) is 5.32 Å². The predicted molar refractivity (Wildman–Crippen MR) is 91.6 cm³/mol. The van der Waals surface area contributed by atoms with Gasteiger partial charge in [-0.3, -0.25) is 4.99 Å². The van der Waals surface area contributed by atoms with Gasteiger partial charge in [0.1, 0.15) is 0 Å². The quantitative estimate of drug-likeness (QED) is 0.503. The molecule has 104 valence electrons. The molecular formula is C15H22IN3. The normalized spacial score (nSPS) is 17.9. The summed E-state index contributed by atoms with van der Waals surface area (Å²) in [5, 5.41) is 3.42. The number of rotatable bonds is 3. The molecule has 2 aliphatic rings. The maximum Gasteiger partial charge on any atom is 0.198 e. The van der Waals surface area contributed by atoms with E-state index >= 15 is 0 Å². The second-order valence-corrected chi connectivity index (χ2v) is 5.17. The zero-order chi connectivity index (χ0) is 12.4. The van der Waals surface area contributed by atoms with Gasteiger partial charge < -0.3 is 10.2 Å². The van der Waals surface area contributed by atoms with Crippen molar-refractivity contribution in [3.63, 3.8) is 0 Å². The van der Waals surface area contributed by atoms with Gasteiger partial charge in [0.05, 0.1) is 0 Å². The summed E-state index contributed by atoms with van der Waals surface area (Å²) in [5.41, 5.74) is 2.77.